The summed E-state index contributed by atoms with van der Waals surface area (Å²) < 4.78 is 13.0. The second-order valence-corrected chi connectivity index (χ2v) is 6.18. The largest absolute Gasteiger partial charge is 0.505 e. The normalized spacial score (nSPS) is 19.0. The Morgan fingerprint density at radius 1 is 1.24 bits per heavy atom. The number of amides is 1. The van der Waals surface area contributed by atoms with Crippen molar-refractivity contribution in [2.75, 3.05) is 13.6 Å². The number of nitrogens with zero attached hydrogens (tertiary/aromatic N) is 2. The third-order valence-corrected chi connectivity index (χ3v) is 4.24. The van der Waals surface area contributed by atoms with E-state index < -0.39 is 0 Å². The van der Waals surface area contributed by atoms with Crippen LogP contribution in [0.15, 0.2) is 48.7 Å². The third-order valence-electron chi connectivity index (χ3n) is 4.24. The number of carbonyl (C=O) groups is 1. The van der Waals surface area contributed by atoms with Crippen molar-refractivity contribution < 1.29 is 14.3 Å². The number of halogens is 1. The lowest BCUT2D eigenvalue weighted by molar-refractivity contribution is -0.124. The van der Waals surface area contributed by atoms with E-state index in [0.717, 1.165) is 22.3 Å². The first kappa shape index (κ1) is 16.9. The van der Waals surface area contributed by atoms with Crippen molar-refractivity contribution in [1.82, 2.24) is 9.88 Å². The first-order valence-electron chi connectivity index (χ1n) is 8.00. The van der Waals surface area contributed by atoms with Gasteiger partial charge < -0.3 is 10.0 Å². The van der Waals surface area contributed by atoms with Crippen LogP contribution < -0.4 is 0 Å². The fraction of sp³-hybridized carbons (Fsp3) is 0.200. The Balaban J connectivity index is 2.01. The monoisotopic (exact) mass is 338 g/mol. The van der Waals surface area contributed by atoms with Gasteiger partial charge >= 0.3 is 0 Å². The summed E-state index contributed by atoms with van der Waals surface area (Å²) in [5.41, 5.74) is 4.04. The standard InChI is InChI=1S/C20H19FN2O2/c1-13-7-8-23(2)19(25)11-18(24)20-17(13)10-15(12-22-20)9-14-3-5-16(21)6-4-14/h3-7,10-12,24H,8-9H2,1-2H3/b13-7+,18-11-. The molecule has 2 aromatic rings. The van der Waals surface area contributed by atoms with Crippen molar-refractivity contribution >= 4 is 17.2 Å². The molecule has 0 unspecified atom stereocenters. The Morgan fingerprint density at radius 2 is 1.96 bits per heavy atom. The predicted molar refractivity (Wildman–Crippen MR) is 95.3 cm³/mol. The van der Waals surface area contributed by atoms with Gasteiger partial charge in [-0.2, -0.15) is 0 Å². The summed E-state index contributed by atoms with van der Waals surface area (Å²) in [4.78, 5) is 17.9. The topological polar surface area (TPSA) is 53.4 Å². The Labute approximate surface area is 145 Å². The number of rotatable bonds is 2. The van der Waals surface area contributed by atoms with E-state index in [0.29, 0.717) is 18.7 Å². The Bertz CT molecular complexity index is 870. The van der Waals surface area contributed by atoms with Crippen LogP contribution in [0.3, 0.4) is 0 Å². The molecule has 1 amide bonds. The van der Waals surface area contributed by atoms with Gasteiger partial charge in [-0.1, -0.05) is 18.2 Å². The number of pyridine rings is 1. The molecule has 1 N–H and O–H groups in total. The van der Waals surface area contributed by atoms with E-state index in [1.165, 1.54) is 23.1 Å². The van der Waals surface area contributed by atoms with Crippen molar-refractivity contribution in [2.24, 2.45) is 0 Å². The van der Waals surface area contributed by atoms with Crippen molar-refractivity contribution in [2.45, 2.75) is 13.3 Å². The Morgan fingerprint density at radius 3 is 2.68 bits per heavy atom. The molecule has 1 aliphatic rings. The summed E-state index contributed by atoms with van der Waals surface area (Å²) in [6.45, 7) is 2.38. The van der Waals surface area contributed by atoms with Gasteiger partial charge in [0.25, 0.3) is 0 Å². The SMILES string of the molecule is C/C1=C\CN(C)C(=O)/C=C(\O)c2ncc(Cc3ccc(F)cc3)cc21. The van der Waals surface area contributed by atoms with Crippen molar-refractivity contribution in [3.8, 4) is 0 Å². The molecule has 0 atom stereocenters. The fourth-order valence-electron chi connectivity index (χ4n) is 2.72. The number of likely N-dealkylation sites (N-methyl/N-ethyl adjacent to an activating group) is 1. The Kier molecular flexibility index (Phi) is 4.65. The maximum atomic E-state index is 13.0. The van der Waals surface area contributed by atoms with Gasteiger partial charge in [0.05, 0.1) is 0 Å². The van der Waals surface area contributed by atoms with Gasteiger partial charge in [0.15, 0.2) is 0 Å². The molecular formula is C20H19FN2O2. The summed E-state index contributed by atoms with van der Waals surface area (Å²) in [5.74, 6) is -0.680. The lowest BCUT2D eigenvalue weighted by Crippen LogP contribution is -2.24. The molecule has 0 bridgehead atoms. The molecule has 4 nitrogen and oxygen atoms in total. The van der Waals surface area contributed by atoms with Crippen molar-refractivity contribution in [1.29, 1.82) is 0 Å². The number of aromatic nitrogens is 1. The van der Waals surface area contributed by atoms with Crippen LogP contribution in [-0.4, -0.2) is 34.5 Å². The molecule has 0 saturated carbocycles. The third kappa shape index (κ3) is 3.76. The first-order chi connectivity index (χ1) is 11.9. The van der Waals surface area contributed by atoms with E-state index in [1.807, 2.05) is 19.1 Å². The summed E-state index contributed by atoms with van der Waals surface area (Å²) in [7, 11) is 1.68. The van der Waals surface area contributed by atoms with E-state index >= 15 is 0 Å². The van der Waals surface area contributed by atoms with Crippen LogP contribution in [0.2, 0.25) is 0 Å². The highest BCUT2D eigenvalue weighted by atomic mass is 19.1. The molecule has 0 aliphatic carbocycles. The minimum absolute atomic E-state index is 0.144. The van der Waals surface area contributed by atoms with E-state index in [9.17, 15) is 14.3 Å². The van der Waals surface area contributed by atoms with Gasteiger partial charge in [0.1, 0.15) is 17.3 Å². The zero-order chi connectivity index (χ0) is 18.0. The maximum absolute atomic E-state index is 13.0. The highest BCUT2D eigenvalue weighted by Gasteiger charge is 2.16. The number of fused-ring (bicyclic) bond motifs is 1. The van der Waals surface area contributed by atoms with Crippen molar-refractivity contribution in [3.63, 3.8) is 0 Å². The second-order valence-electron chi connectivity index (χ2n) is 6.18. The summed E-state index contributed by atoms with van der Waals surface area (Å²) in [6, 6.07) is 8.30. The van der Waals surface area contributed by atoms with Crippen molar-refractivity contribution in [3.05, 3.63) is 76.9 Å². The van der Waals surface area contributed by atoms with Crippen LogP contribution in [0, 0.1) is 5.82 Å². The van der Waals surface area contributed by atoms with Gasteiger partial charge in [0, 0.05) is 31.4 Å². The first-order valence-corrected chi connectivity index (χ1v) is 8.00. The highest BCUT2D eigenvalue weighted by Crippen LogP contribution is 2.25. The summed E-state index contributed by atoms with van der Waals surface area (Å²) in [6.07, 6.45) is 5.41. The minimum Gasteiger partial charge on any atom is -0.505 e. The second kappa shape index (κ2) is 6.89. The van der Waals surface area contributed by atoms with Crippen LogP contribution >= 0.6 is 0 Å². The molecule has 0 fully saturated rings. The van der Waals surface area contributed by atoms with Gasteiger partial charge in [-0.05, 0) is 48.2 Å². The number of carbonyl (C=O) groups excluding carboxylic acids is 1. The molecule has 1 aliphatic heterocycles. The van der Waals surface area contributed by atoms with Gasteiger partial charge in [-0.25, -0.2) is 4.39 Å². The van der Waals surface area contributed by atoms with Crippen LogP contribution in [0.1, 0.15) is 29.3 Å². The van der Waals surface area contributed by atoms with E-state index in [-0.39, 0.29) is 17.5 Å². The highest BCUT2D eigenvalue weighted by molar-refractivity contribution is 5.95. The zero-order valence-corrected chi connectivity index (χ0v) is 14.2. The molecule has 0 saturated heterocycles. The van der Waals surface area contributed by atoms with Gasteiger partial charge in [0.2, 0.25) is 5.91 Å². The number of aliphatic hydroxyl groups excluding tert-OH is 1. The lowest BCUT2D eigenvalue weighted by atomic mass is 9.99. The number of aliphatic hydroxyl groups is 1. The molecular weight excluding hydrogens is 319 g/mol. The number of hydrogen-bond donors (Lipinski definition) is 1. The number of allylic oxidation sites excluding steroid dienone is 1. The maximum Gasteiger partial charge on any atom is 0.250 e. The molecule has 128 valence electrons. The molecule has 1 aromatic carbocycles. The summed E-state index contributed by atoms with van der Waals surface area (Å²) >= 11 is 0. The van der Waals surface area contributed by atoms with Gasteiger partial charge in [-0.3, -0.25) is 9.78 Å². The van der Waals surface area contributed by atoms with E-state index in [1.54, 1.807) is 25.4 Å². The van der Waals surface area contributed by atoms with E-state index in [4.69, 9.17) is 0 Å². The molecule has 25 heavy (non-hydrogen) atoms. The number of hydrogen-bond acceptors (Lipinski definition) is 3. The van der Waals surface area contributed by atoms with Gasteiger partial charge in [-0.15, -0.1) is 0 Å². The van der Waals surface area contributed by atoms with Crippen LogP contribution in [0.5, 0.6) is 0 Å². The summed E-state index contributed by atoms with van der Waals surface area (Å²) in [5, 5.41) is 10.3. The van der Waals surface area contributed by atoms with Crippen LogP contribution in [-0.2, 0) is 11.2 Å². The number of benzene rings is 1. The molecule has 5 heteroatoms. The molecule has 1 aromatic heterocycles. The van der Waals surface area contributed by atoms with E-state index in [2.05, 4.69) is 4.98 Å². The lowest BCUT2D eigenvalue weighted by Gasteiger charge is -2.12. The van der Waals surface area contributed by atoms with Crippen LogP contribution in [0.25, 0.3) is 11.3 Å². The average molecular weight is 338 g/mol. The molecule has 3 rings (SSSR count). The quantitative estimate of drug-likeness (QED) is 0.910. The predicted octanol–water partition coefficient (Wildman–Crippen LogP) is 3.59. The Hall–Kier alpha value is -2.95. The molecule has 0 radical (unpaired) electrons. The molecule has 0 spiro atoms. The minimum atomic E-state index is -0.272. The fourth-order valence-corrected chi connectivity index (χ4v) is 2.72. The average Bonchev–Trinajstić information content (AvgIpc) is 2.63. The smallest absolute Gasteiger partial charge is 0.250 e. The molecule has 2 heterocycles. The van der Waals surface area contributed by atoms with Crippen LogP contribution in [0.4, 0.5) is 4.39 Å². The zero-order valence-electron chi connectivity index (χ0n) is 14.2.